The van der Waals surface area contributed by atoms with Crippen LogP contribution in [0.15, 0.2) is 42.5 Å². The van der Waals surface area contributed by atoms with Crippen molar-refractivity contribution >= 4 is 11.6 Å². The van der Waals surface area contributed by atoms with Crippen molar-refractivity contribution in [3.63, 3.8) is 0 Å². The molecule has 130 valence electrons. The molecule has 0 saturated carbocycles. The van der Waals surface area contributed by atoms with E-state index < -0.39 is 5.82 Å². The van der Waals surface area contributed by atoms with Gasteiger partial charge in [-0.3, -0.25) is 4.90 Å². The van der Waals surface area contributed by atoms with Crippen LogP contribution in [0.4, 0.5) is 4.39 Å². The van der Waals surface area contributed by atoms with E-state index in [0.717, 1.165) is 11.3 Å². The summed E-state index contributed by atoms with van der Waals surface area (Å²) in [6, 6.07) is 15.3. The molecule has 0 aromatic heterocycles. The van der Waals surface area contributed by atoms with E-state index in [1.807, 2.05) is 31.2 Å². The van der Waals surface area contributed by atoms with Crippen LogP contribution in [0.1, 0.15) is 24.0 Å². The Labute approximate surface area is 152 Å². The van der Waals surface area contributed by atoms with Crippen molar-refractivity contribution < 1.29 is 9.13 Å². The predicted octanol–water partition coefficient (Wildman–Crippen LogP) is 4.62. The van der Waals surface area contributed by atoms with Crippen molar-refractivity contribution in [3.05, 3.63) is 64.4 Å². The van der Waals surface area contributed by atoms with Crippen LogP contribution in [0.25, 0.3) is 0 Å². The van der Waals surface area contributed by atoms with Gasteiger partial charge in [-0.1, -0.05) is 35.9 Å². The molecule has 1 aliphatic rings. The third kappa shape index (κ3) is 3.49. The van der Waals surface area contributed by atoms with Gasteiger partial charge in [0, 0.05) is 25.0 Å². The second kappa shape index (κ2) is 7.43. The lowest BCUT2D eigenvalue weighted by molar-refractivity contribution is 0.247. The molecule has 3 atom stereocenters. The monoisotopic (exact) mass is 358 g/mol. The molecule has 1 aliphatic heterocycles. The molecule has 3 nitrogen and oxygen atoms in total. The highest BCUT2D eigenvalue weighted by molar-refractivity contribution is 6.30. The van der Waals surface area contributed by atoms with Gasteiger partial charge in [-0.05, 0) is 36.2 Å². The number of ether oxygens (including phenoxy) is 1. The summed E-state index contributed by atoms with van der Waals surface area (Å²) in [5, 5.41) is 9.75. The van der Waals surface area contributed by atoms with E-state index in [1.165, 1.54) is 6.07 Å². The number of nitrogens with zero attached hydrogens (tertiary/aromatic N) is 2. The molecule has 1 saturated heterocycles. The van der Waals surface area contributed by atoms with E-state index in [1.54, 1.807) is 19.2 Å². The van der Waals surface area contributed by atoms with Crippen LogP contribution in [0, 0.1) is 23.1 Å². The van der Waals surface area contributed by atoms with E-state index in [9.17, 15) is 9.65 Å². The summed E-state index contributed by atoms with van der Waals surface area (Å²) >= 11 is 5.93. The molecule has 3 unspecified atom stereocenters. The number of nitriles is 1. The highest BCUT2D eigenvalue weighted by Gasteiger charge is 2.41. The molecular weight excluding hydrogens is 339 g/mol. The number of rotatable bonds is 4. The number of hydrogen-bond donors (Lipinski definition) is 0. The number of methoxy groups -OCH3 is 1. The van der Waals surface area contributed by atoms with Crippen LogP contribution >= 0.6 is 11.6 Å². The number of halogens is 2. The average Bonchev–Trinajstić information content (AvgIpc) is 2.93. The summed E-state index contributed by atoms with van der Waals surface area (Å²) in [5.74, 6) is -0.0775. The highest BCUT2D eigenvalue weighted by Crippen LogP contribution is 2.39. The number of benzene rings is 2. The van der Waals surface area contributed by atoms with Crippen LogP contribution in [-0.4, -0.2) is 24.6 Å². The number of likely N-dealkylation sites (tertiary alicyclic amines) is 1. The normalized spacial score (nSPS) is 23.4. The Hall–Kier alpha value is -2.09. The van der Waals surface area contributed by atoms with Gasteiger partial charge in [-0.2, -0.15) is 5.26 Å². The molecule has 5 heteroatoms. The highest BCUT2D eigenvalue weighted by atomic mass is 35.5. The molecule has 0 radical (unpaired) electrons. The Kier molecular flexibility index (Phi) is 5.27. The van der Waals surface area contributed by atoms with Crippen LogP contribution in [0.5, 0.6) is 5.75 Å². The second-order valence-corrected chi connectivity index (χ2v) is 6.83. The fraction of sp³-hybridized carbons (Fsp3) is 0.350. The first-order valence-corrected chi connectivity index (χ1v) is 8.63. The topological polar surface area (TPSA) is 36.3 Å². The average molecular weight is 359 g/mol. The molecule has 0 amide bonds. The van der Waals surface area contributed by atoms with Crippen molar-refractivity contribution in [2.75, 3.05) is 13.7 Å². The lowest BCUT2D eigenvalue weighted by atomic mass is 9.86. The molecule has 3 rings (SSSR count). The summed E-state index contributed by atoms with van der Waals surface area (Å²) in [7, 11) is 1.64. The summed E-state index contributed by atoms with van der Waals surface area (Å²) < 4.78 is 19.7. The zero-order valence-corrected chi connectivity index (χ0v) is 15.0. The lowest BCUT2D eigenvalue weighted by Gasteiger charge is -2.22. The smallest absolute Gasteiger partial charge is 0.145 e. The maximum Gasteiger partial charge on any atom is 0.145 e. The van der Waals surface area contributed by atoms with Gasteiger partial charge in [-0.15, -0.1) is 0 Å². The minimum absolute atomic E-state index is 0.0274. The summed E-state index contributed by atoms with van der Waals surface area (Å²) in [6.07, 6.45) is 0. The molecule has 0 aliphatic carbocycles. The third-order valence-electron chi connectivity index (χ3n) is 5.01. The first kappa shape index (κ1) is 17.7. The summed E-state index contributed by atoms with van der Waals surface area (Å²) in [5.41, 5.74) is 1.63. The Morgan fingerprint density at radius 2 is 2.08 bits per heavy atom. The van der Waals surface area contributed by atoms with Gasteiger partial charge in [0.25, 0.3) is 0 Å². The maximum atomic E-state index is 14.5. The molecule has 0 spiro atoms. The van der Waals surface area contributed by atoms with Crippen molar-refractivity contribution in [2.24, 2.45) is 5.92 Å². The van der Waals surface area contributed by atoms with Gasteiger partial charge in [0.15, 0.2) is 0 Å². The molecular formula is C20H20ClFN2O. The van der Waals surface area contributed by atoms with Crippen LogP contribution in [-0.2, 0) is 6.54 Å². The van der Waals surface area contributed by atoms with E-state index in [4.69, 9.17) is 16.3 Å². The Morgan fingerprint density at radius 3 is 2.80 bits per heavy atom. The van der Waals surface area contributed by atoms with Crippen molar-refractivity contribution in [2.45, 2.75) is 25.4 Å². The largest absolute Gasteiger partial charge is 0.497 e. The fourth-order valence-electron chi connectivity index (χ4n) is 3.61. The molecule has 0 N–H and O–H groups in total. The van der Waals surface area contributed by atoms with Crippen molar-refractivity contribution in [1.82, 2.24) is 4.90 Å². The fourth-order valence-corrected chi connectivity index (χ4v) is 3.79. The van der Waals surface area contributed by atoms with E-state index in [2.05, 4.69) is 11.0 Å². The van der Waals surface area contributed by atoms with E-state index in [0.29, 0.717) is 18.7 Å². The Bertz CT molecular complexity index is 805. The predicted molar refractivity (Wildman–Crippen MR) is 96.1 cm³/mol. The quantitative estimate of drug-likeness (QED) is 0.800. The van der Waals surface area contributed by atoms with Crippen molar-refractivity contribution in [3.8, 4) is 11.8 Å². The molecule has 0 bridgehead atoms. The van der Waals surface area contributed by atoms with Gasteiger partial charge in [0.2, 0.25) is 0 Å². The first-order valence-electron chi connectivity index (χ1n) is 8.25. The Morgan fingerprint density at radius 1 is 1.32 bits per heavy atom. The van der Waals surface area contributed by atoms with E-state index >= 15 is 0 Å². The molecule has 1 heterocycles. The van der Waals surface area contributed by atoms with Crippen LogP contribution in [0.2, 0.25) is 5.02 Å². The minimum atomic E-state index is -0.412. The minimum Gasteiger partial charge on any atom is -0.497 e. The van der Waals surface area contributed by atoms with Crippen LogP contribution < -0.4 is 4.74 Å². The zero-order chi connectivity index (χ0) is 18.0. The SMILES string of the molecule is COc1cccc(CN2CC(c3cccc(Cl)c3F)C(C#N)C2C)c1. The van der Waals surface area contributed by atoms with Gasteiger partial charge < -0.3 is 4.74 Å². The van der Waals surface area contributed by atoms with Crippen molar-refractivity contribution in [1.29, 1.82) is 5.26 Å². The standard InChI is InChI=1S/C20H20ClFN2O/c1-13-17(10-23)18(16-7-4-8-19(21)20(16)22)12-24(13)11-14-5-3-6-15(9-14)25-2/h3-9,13,17-18H,11-12H2,1-2H3. The summed E-state index contributed by atoms with van der Waals surface area (Å²) in [6.45, 7) is 3.33. The van der Waals surface area contributed by atoms with Gasteiger partial charge in [0.1, 0.15) is 11.6 Å². The maximum absolute atomic E-state index is 14.5. The molecule has 25 heavy (non-hydrogen) atoms. The van der Waals surface area contributed by atoms with E-state index in [-0.39, 0.29) is 22.9 Å². The molecule has 1 fully saturated rings. The first-order chi connectivity index (χ1) is 12.0. The van der Waals surface area contributed by atoms with Gasteiger partial charge >= 0.3 is 0 Å². The summed E-state index contributed by atoms with van der Waals surface area (Å²) in [4.78, 5) is 2.22. The second-order valence-electron chi connectivity index (χ2n) is 6.43. The van der Waals surface area contributed by atoms with Gasteiger partial charge in [-0.25, -0.2) is 4.39 Å². The zero-order valence-electron chi connectivity index (χ0n) is 14.2. The molecule has 2 aromatic carbocycles. The van der Waals surface area contributed by atoms with Crippen LogP contribution in [0.3, 0.4) is 0 Å². The number of hydrogen-bond acceptors (Lipinski definition) is 3. The lowest BCUT2D eigenvalue weighted by Crippen LogP contribution is -2.29. The Balaban J connectivity index is 1.86. The third-order valence-corrected chi connectivity index (χ3v) is 5.30. The molecule has 2 aromatic rings. The van der Waals surface area contributed by atoms with Gasteiger partial charge in [0.05, 0.1) is 24.1 Å².